The van der Waals surface area contributed by atoms with Crippen LogP contribution in [0.25, 0.3) is 0 Å². The Bertz CT molecular complexity index is 449. The number of hydrogen-bond acceptors (Lipinski definition) is 3. The zero-order chi connectivity index (χ0) is 15.0. The number of nitrogens with zero attached hydrogens (tertiary/aromatic N) is 3. The van der Waals surface area contributed by atoms with Crippen molar-refractivity contribution < 1.29 is 0 Å². The molecule has 0 aromatic carbocycles. The second-order valence-electron chi connectivity index (χ2n) is 6.63. The monoisotopic (exact) mass is 283 g/mol. The molecule has 0 radical (unpaired) electrons. The molecule has 1 atom stereocenters. The maximum atomic E-state index is 6.28. The molecule has 0 aliphatic heterocycles. The van der Waals surface area contributed by atoms with E-state index < -0.39 is 0 Å². The summed E-state index contributed by atoms with van der Waals surface area (Å²) in [6, 6.07) is 0.400. The van der Waals surface area contributed by atoms with E-state index >= 15 is 0 Å². The van der Waals surface area contributed by atoms with Crippen LogP contribution in [0.3, 0.4) is 0 Å². The standard InChI is InChI=1S/C15H26ClN3/c1-9(2)11(4)19(8)13-10(3)12(16)17-14(18-13)15(5,6)7/h9,11H,1-8H3. The predicted octanol–water partition coefficient (Wildman–Crippen LogP) is 4.22. The van der Waals surface area contributed by atoms with Crippen LogP contribution in [0.2, 0.25) is 5.15 Å². The summed E-state index contributed by atoms with van der Waals surface area (Å²) in [6.07, 6.45) is 0. The molecule has 1 aromatic heterocycles. The second kappa shape index (κ2) is 5.66. The second-order valence-corrected chi connectivity index (χ2v) is 6.99. The van der Waals surface area contributed by atoms with Gasteiger partial charge in [0.2, 0.25) is 0 Å². The molecule has 4 heteroatoms. The van der Waals surface area contributed by atoms with Crippen molar-refractivity contribution in [2.75, 3.05) is 11.9 Å². The Morgan fingerprint density at radius 2 is 1.63 bits per heavy atom. The number of halogens is 1. The molecule has 0 fully saturated rings. The first-order valence-electron chi connectivity index (χ1n) is 6.83. The largest absolute Gasteiger partial charge is 0.356 e. The van der Waals surface area contributed by atoms with Crippen LogP contribution in [-0.4, -0.2) is 23.1 Å². The fraction of sp³-hybridized carbons (Fsp3) is 0.733. The molecule has 108 valence electrons. The van der Waals surface area contributed by atoms with Crippen molar-refractivity contribution in [1.82, 2.24) is 9.97 Å². The van der Waals surface area contributed by atoms with Gasteiger partial charge in [-0.2, -0.15) is 0 Å². The number of hydrogen-bond donors (Lipinski definition) is 0. The molecule has 1 unspecified atom stereocenters. The van der Waals surface area contributed by atoms with Crippen molar-refractivity contribution in [3.05, 3.63) is 16.5 Å². The van der Waals surface area contributed by atoms with Gasteiger partial charge in [-0.1, -0.05) is 46.2 Å². The summed E-state index contributed by atoms with van der Waals surface area (Å²) in [4.78, 5) is 11.4. The van der Waals surface area contributed by atoms with Crippen molar-refractivity contribution in [2.45, 2.75) is 59.9 Å². The predicted molar refractivity (Wildman–Crippen MR) is 83.2 cm³/mol. The zero-order valence-corrected chi connectivity index (χ0v) is 14.1. The van der Waals surface area contributed by atoms with E-state index in [0.29, 0.717) is 17.1 Å². The molecule has 0 aliphatic rings. The van der Waals surface area contributed by atoms with Gasteiger partial charge in [-0.25, -0.2) is 9.97 Å². The van der Waals surface area contributed by atoms with Crippen molar-refractivity contribution in [3.63, 3.8) is 0 Å². The fourth-order valence-electron chi connectivity index (χ4n) is 1.80. The quantitative estimate of drug-likeness (QED) is 0.778. The van der Waals surface area contributed by atoms with Gasteiger partial charge >= 0.3 is 0 Å². The smallest absolute Gasteiger partial charge is 0.137 e. The first-order valence-corrected chi connectivity index (χ1v) is 7.21. The highest BCUT2D eigenvalue weighted by Gasteiger charge is 2.24. The average molecular weight is 284 g/mol. The van der Waals surface area contributed by atoms with Gasteiger partial charge in [0, 0.05) is 24.1 Å². The Hall–Kier alpha value is -0.830. The van der Waals surface area contributed by atoms with E-state index in [1.165, 1.54) is 0 Å². The summed E-state index contributed by atoms with van der Waals surface area (Å²) in [6.45, 7) is 14.9. The van der Waals surface area contributed by atoms with Gasteiger partial charge in [-0.3, -0.25) is 0 Å². The average Bonchev–Trinajstić information content (AvgIpc) is 2.29. The van der Waals surface area contributed by atoms with Crippen molar-refractivity contribution in [2.24, 2.45) is 5.92 Å². The topological polar surface area (TPSA) is 29.0 Å². The molecule has 0 bridgehead atoms. The van der Waals surface area contributed by atoms with Crippen molar-refractivity contribution >= 4 is 17.4 Å². The number of rotatable bonds is 3. The highest BCUT2D eigenvalue weighted by Crippen LogP contribution is 2.29. The minimum atomic E-state index is -0.103. The summed E-state index contributed by atoms with van der Waals surface area (Å²) in [5.41, 5.74) is 0.846. The van der Waals surface area contributed by atoms with E-state index in [1.807, 2.05) is 6.92 Å². The Morgan fingerprint density at radius 1 is 1.11 bits per heavy atom. The van der Waals surface area contributed by atoms with Crippen LogP contribution in [0.4, 0.5) is 5.82 Å². The Balaban J connectivity index is 3.31. The van der Waals surface area contributed by atoms with Crippen LogP contribution in [0.15, 0.2) is 0 Å². The molecule has 0 spiro atoms. The summed E-state index contributed by atoms with van der Waals surface area (Å²) < 4.78 is 0. The fourth-order valence-corrected chi connectivity index (χ4v) is 1.96. The summed E-state index contributed by atoms with van der Waals surface area (Å²) in [7, 11) is 2.07. The lowest BCUT2D eigenvalue weighted by Gasteiger charge is -2.31. The third-order valence-corrected chi connectivity index (χ3v) is 4.01. The number of anilines is 1. The van der Waals surface area contributed by atoms with E-state index in [2.05, 4.69) is 58.5 Å². The Labute approximate surface area is 122 Å². The van der Waals surface area contributed by atoms with E-state index in [1.54, 1.807) is 0 Å². The molecule has 1 aromatic rings. The Kier molecular flexibility index (Phi) is 4.83. The minimum Gasteiger partial charge on any atom is -0.356 e. The van der Waals surface area contributed by atoms with Gasteiger partial charge in [-0.05, 0) is 19.8 Å². The highest BCUT2D eigenvalue weighted by molar-refractivity contribution is 6.30. The molecular weight excluding hydrogens is 258 g/mol. The van der Waals surface area contributed by atoms with E-state index in [-0.39, 0.29) is 5.41 Å². The van der Waals surface area contributed by atoms with Crippen LogP contribution in [0, 0.1) is 12.8 Å². The van der Waals surface area contributed by atoms with E-state index in [4.69, 9.17) is 16.6 Å². The highest BCUT2D eigenvalue weighted by atomic mass is 35.5. The molecule has 0 aliphatic carbocycles. The molecule has 0 saturated carbocycles. The third-order valence-electron chi connectivity index (χ3n) is 3.64. The molecule has 0 amide bonds. The van der Waals surface area contributed by atoms with Gasteiger partial charge < -0.3 is 4.90 Å². The van der Waals surface area contributed by atoms with Crippen LogP contribution in [0.1, 0.15) is 52.9 Å². The number of aromatic nitrogens is 2. The lowest BCUT2D eigenvalue weighted by Crippen LogP contribution is -2.35. The third kappa shape index (κ3) is 3.59. The van der Waals surface area contributed by atoms with Crippen molar-refractivity contribution in [1.29, 1.82) is 0 Å². The minimum absolute atomic E-state index is 0.103. The maximum absolute atomic E-state index is 6.28. The van der Waals surface area contributed by atoms with E-state index in [0.717, 1.165) is 17.2 Å². The molecule has 0 N–H and O–H groups in total. The summed E-state index contributed by atoms with van der Waals surface area (Å²) >= 11 is 6.28. The van der Waals surface area contributed by atoms with Gasteiger partial charge in [0.05, 0.1) is 0 Å². The molecule has 0 saturated heterocycles. The van der Waals surface area contributed by atoms with E-state index in [9.17, 15) is 0 Å². The first-order chi connectivity index (χ1) is 8.55. The summed E-state index contributed by atoms with van der Waals surface area (Å²) in [5, 5.41) is 0.553. The summed E-state index contributed by atoms with van der Waals surface area (Å²) in [5.74, 6) is 2.28. The lowest BCUT2D eigenvalue weighted by molar-refractivity contribution is 0.496. The molecular formula is C15H26ClN3. The molecule has 19 heavy (non-hydrogen) atoms. The maximum Gasteiger partial charge on any atom is 0.137 e. The van der Waals surface area contributed by atoms with Crippen LogP contribution in [-0.2, 0) is 5.41 Å². The van der Waals surface area contributed by atoms with Gasteiger partial charge in [0.15, 0.2) is 0 Å². The zero-order valence-electron chi connectivity index (χ0n) is 13.4. The SMILES string of the molecule is Cc1c(Cl)nc(C(C)(C)C)nc1N(C)C(C)C(C)C. The molecule has 1 heterocycles. The normalized spacial score (nSPS) is 13.8. The van der Waals surface area contributed by atoms with Crippen molar-refractivity contribution in [3.8, 4) is 0 Å². The first kappa shape index (κ1) is 16.2. The van der Waals surface area contributed by atoms with Gasteiger partial charge in [-0.15, -0.1) is 0 Å². The molecule has 1 rings (SSSR count). The van der Waals surface area contributed by atoms with Gasteiger partial charge in [0.1, 0.15) is 16.8 Å². The van der Waals surface area contributed by atoms with Crippen LogP contribution in [0.5, 0.6) is 0 Å². The van der Waals surface area contributed by atoms with Crippen LogP contribution >= 0.6 is 11.6 Å². The Morgan fingerprint density at radius 3 is 2.05 bits per heavy atom. The molecule has 3 nitrogen and oxygen atoms in total. The van der Waals surface area contributed by atoms with Crippen LogP contribution < -0.4 is 4.90 Å². The lowest BCUT2D eigenvalue weighted by atomic mass is 9.95. The van der Waals surface area contributed by atoms with Gasteiger partial charge in [0.25, 0.3) is 0 Å².